The van der Waals surface area contributed by atoms with E-state index in [0.29, 0.717) is 43.6 Å². The molecule has 4 atom stereocenters. The van der Waals surface area contributed by atoms with Gasteiger partial charge in [0.1, 0.15) is 5.60 Å². The molecule has 6 heteroatoms. The molecule has 0 amide bonds. The monoisotopic (exact) mass is 442 g/mol. The molecule has 0 heterocycles. The molecule has 0 aromatic heterocycles. The van der Waals surface area contributed by atoms with E-state index in [9.17, 15) is 9.90 Å². The van der Waals surface area contributed by atoms with Crippen LogP contribution in [0.4, 0.5) is 0 Å². The highest BCUT2D eigenvalue weighted by Gasteiger charge is 2.57. The first-order valence-electron chi connectivity index (χ1n) is 8.98. The molecule has 4 rings (SSSR count). The fourth-order valence-electron chi connectivity index (χ4n) is 4.94. The first-order valence-corrected chi connectivity index (χ1v) is 10.5. The van der Waals surface area contributed by atoms with Gasteiger partial charge in [0, 0.05) is 5.56 Å². The normalized spacial score (nSPS) is 29.7. The van der Waals surface area contributed by atoms with Gasteiger partial charge in [-0.1, -0.05) is 65.3 Å². The van der Waals surface area contributed by atoms with Crippen LogP contribution in [0.3, 0.4) is 0 Å². The van der Waals surface area contributed by atoms with Crippen LogP contribution in [0.15, 0.2) is 36.4 Å². The van der Waals surface area contributed by atoms with E-state index in [1.165, 1.54) is 0 Å². The summed E-state index contributed by atoms with van der Waals surface area (Å²) in [5.41, 5.74) is -0.155. The lowest BCUT2D eigenvalue weighted by Gasteiger charge is -2.32. The fourth-order valence-corrected chi connectivity index (χ4v) is 5.54. The lowest BCUT2D eigenvalue weighted by molar-refractivity contribution is -0.00714. The molecule has 27 heavy (non-hydrogen) atoms. The Morgan fingerprint density at radius 2 is 1.59 bits per heavy atom. The van der Waals surface area contributed by atoms with E-state index in [1.54, 1.807) is 36.4 Å². The van der Waals surface area contributed by atoms with Crippen molar-refractivity contribution in [3.8, 4) is 0 Å². The van der Waals surface area contributed by atoms with E-state index in [0.717, 1.165) is 19.3 Å². The van der Waals surface area contributed by atoms with Crippen molar-refractivity contribution in [2.45, 2.75) is 31.3 Å². The molecule has 0 radical (unpaired) electrons. The van der Waals surface area contributed by atoms with Crippen LogP contribution in [0.1, 0.15) is 41.6 Å². The van der Waals surface area contributed by atoms with Crippen molar-refractivity contribution < 1.29 is 9.90 Å². The van der Waals surface area contributed by atoms with Gasteiger partial charge in [-0.05, 0) is 60.6 Å². The minimum atomic E-state index is -1.27. The molecular weight excluding hydrogens is 426 g/mol. The van der Waals surface area contributed by atoms with Crippen molar-refractivity contribution in [1.82, 2.24) is 0 Å². The quantitative estimate of drug-likeness (QED) is 0.529. The Morgan fingerprint density at radius 1 is 0.926 bits per heavy atom. The molecule has 1 N–H and O–H groups in total. The number of benzene rings is 2. The van der Waals surface area contributed by atoms with Crippen LogP contribution in [-0.2, 0) is 5.60 Å². The molecule has 2 aromatic carbocycles. The Hall–Kier alpha value is -0.770. The predicted molar refractivity (Wildman–Crippen MR) is 110 cm³/mol. The molecule has 2 aromatic rings. The Labute approximate surface area is 178 Å². The third kappa shape index (κ3) is 3.30. The molecule has 0 saturated heterocycles. The van der Waals surface area contributed by atoms with Crippen molar-refractivity contribution in [3.05, 3.63) is 67.6 Å². The van der Waals surface area contributed by atoms with Crippen molar-refractivity contribution in [2.75, 3.05) is 0 Å². The highest BCUT2D eigenvalue weighted by Crippen LogP contribution is 2.57. The maximum atomic E-state index is 13.5. The summed E-state index contributed by atoms with van der Waals surface area (Å²) >= 11 is 24.4. The zero-order valence-electron chi connectivity index (χ0n) is 14.4. The molecule has 0 aliphatic heterocycles. The van der Waals surface area contributed by atoms with Gasteiger partial charge in [0.15, 0.2) is 5.78 Å². The lowest BCUT2D eigenvalue weighted by Crippen LogP contribution is -2.38. The minimum absolute atomic E-state index is 0.100. The molecular formula is C21H18Cl4O2. The van der Waals surface area contributed by atoms with Crippen LogP contribution >= 0.6 is 46.4 Å². The summed E-state index contributed by atoms with van der Waals surface area (Å²) in [4.78, 5) is 13.5. The SMILES string of the molecule is O=C(c1ccc(Cl)c(Cl)c1)[C@H]1C2CCCC2C[C@]1(O)c1ccc(Cl)c(Cl)c1. The third-order valence-corrected chi connectivity index (χ3v) is 7.62. The number of hydrogen-bond donors (Lipinski definition) is 1. The second-order valence-electron chi connectivity index (χ2n) is 7.58. The average molecular weight is 444 g/mol. The lowest BCUT2D eigenvalue weighted by atomic mass is 9.75. The van der Waals surface area contributed by atoms with Crippen molar-refractivity contribution in [1.29, 1.82) is 0 Å². The number of fused-ring (bicyclic) bond motifs is 1. The molecule has 0 bridgehead atoms. The standard InChI is InChI=1S/C21H18Cl4O2/c22-15-6-4-11(8-17(15)24)20(26)19-14-3-1-2-12(14)10-21(19,27)13-5-7-16(23)18(25)9-13/h4-9,12,14,19,27H,1-3,10H2/t12?,14?,19-,21+/m1/s1. The molecule has 2 saturated carbocycles. The molecule has 0 spiro atoms. The number of carbonyl (C=O) groups excluding carboxylic acids is 1. The second-order valence-corrected chi connectivity index (χ2v) is 9.21. The molecule has 2 aliphatic carbocycles. The topological polar surface area (TPSA) is 37.3 Å². The Kier molecular flexibility index (Phi) is 5.24. The largest absolute Gasteiger partial charge is 0.384 e. The number of hydrogen-bond acceptors (Lipinski definition) is 2. The van der Waals surface area contributed by atoms with E-state index in [-0.39, 0.29) is 11.7 Å². The van der Waals surface area contributed by atoms with Gasteiger partial charge in [-0.3, -0.25) is 4.79 Å². The summed E-state index contributed by atoms with van der Waals surface area (Å²) in [6.07, 6.45) is 3.59. The van der Waals surface area contributed by atoms with E-state index in [1.807, 2.05) is 0 Å². The fraction of sp³-hybridized carbons (Fsp3) is 0.381. The minimum Gasteiger partial charge on any atom is -0.384 e. The molecule has 2 unspecified atom stereocenters. The van der Waals surface area contributed by atoms with Gasteiger partial charge < -0.3 is 5.11 Å². The van der Waals surface area contributed by atoms with Gasteiger partial charge in [0.2, 0.25) is 0 Å². The van der Waals surface area contributed by atoms with Crippen molar-refractivity contribution in [3.63, 3.8) is 0 Å². The summed E-state index contributed by atoms with van der Waals surface area (Å²) < 4.78 is 0. The summed E-state index contributed by atoms with van der Waals surface area (Å²) in [5, 5.41) is 13.3. The number of Topliss-reactive ketones (excluding diaryl/α,β-unsaturated/α-hetero) is 1. The number of rotatable bonds is 3. The smallest absolute Gasteiger partial charge is 0.169 e. The van der Waals surface area contributed by atoms with Gasteiger partial charge in [-0.25, -0.2) is 0 Å². The van der Waals surface area contributed by atoms with Crippen LogP contribution in [0.25, 0.3) is 0 Å². The number of aliphatic hydroxyl groups is 1. The summed E-state index contributed by atoms with van der Waals surface area (Å²) in [7, 11) is 0. The van der Waals surface area contributed by atoms with Gasteiger partial charge in [0.05, 0.1) is 26.0 Å². The van der Waals surface area contributed by atoms with Gasteiger partial charge >= 0.3 is 0 Å². The number of halogens is 4. The summed E-state index contributed by atoms with van der Waals surface area (Å²) in [6.45, 7) is 0. The van der Waals surface area contributed by atoms with E-state index in [2.05, 4.69) is 0 Å². The third-order valence-electron chi connectivity index (χ3n) is 6.14. The summed E-state index contributed by atoms with van der Waals surface area (Å²) in [6, 6.07) is 10.0. The Morgan fingerprint density at radius 3 is 2.26 bits per heavy atom. The molecule has 142 valence electrons. The highest BCUT2D eigenvalue weighted by atomic mass is 35.5. The number of carbonyl (C=O) groups is 1. The van der Waals surface area contributed by atoms with Crippen LogP contribution in [0, 0.1) is 17.8 Å². The molecule has 2 aliphatic rings. The zero-order valence-corrected chi connectivity index (χ0v) is 17.4. The van der Waals surface area contributed by atoms with E-state index >= 15 is 0 Å². The van der Waals surface area contributed by atoms with Crippen LogP contribution in [0.2, 0.25) is 20.1 Å². The Bertz CT molecular complexity index is 913. The Balaban J connectivity index is 1.79. The first-order chi connectivity index (χ1) is 12.8. The molecule has 2 fully saturated rings. The van der Waals surface area contributed by atoms with Crippen LogP contribution in [-0.4, -0.2) is 10.9 Å². The first kappa shape index (κ1) is 19.5. The molecule has 2 nitrogen and oxygen atoms in total. The maximum Gasteiger partial charge on any atom is 0.169 e. The predicted octanol–water partition coefficient (Wildman–Crippen LogP) is 6.81. The van der Waals surface area contributed by atoms with Gasteiger partial charge in [0.25, 0.3) is 0 Å². The second kappa shape index (κ2) is 7.24. The zero-order chi connectivity index (χ0) is 19.3. The maximum absolute atomic E-state index is 13.5. The number of ketones is 1. The highest BCUT2D eigenvalue weighted by molar-refractivity contribution is 6.42. The van der Waals surface area contributed by atoms with Gasteiger partial charge in [-0.2, -0.15) is 0 Å². The van der Waals surface area contributed by atoms with Crippen molar-refractivity contribution in [2.24, 2.45) is 17.8 Å². The van der Waals surface area contributed by atoms with E-state index < -0.39 is 11.5 Å². The van der Waals surface area contributed by atoms with Gasteiger partial charge in [-0.15, -0.1) is 0 Å². The van der Waals surface area contributed by atoms with Crippen LogP contribution in [0.5, 0.6) is 0 Å². The van der Waals surface area contributed by atoms with E-state index in [4.69, 9.17) is 46.4 Å². The van der Waals surface area contributed by atoms with Crippen LogP contribution < -0.4 is 0 Å². The average Bonchev–Trinajstić information content (AvgIpc) is 3.17. The summed E-state index contributed by atoms with van der Waals surface area (Å²) in [5.74, 6) is -0.177. The van der Waals surface area contributed by atoms with Crippen molar-refractivity contribution >= 4 is 52.2 Å².